The molecule has 2 heterocycles. The van der Waals surface area contributed by atoms with Crippen LogP contribution in [0.1, 0.15) is 102 Å². The van der Waals surface area contributed by atoms with Crippen LogP contribution in [0.25, 0.3) is 0 Å². The van der Waals surface area contributed by atoms with E-state index in [-0.39, 0.29) is 31.1 Å². The van der Waals surface area contributed by atoms with Crippen molar-refractivity contribution < 1.29 is 43.0 Å². The lowest BCUT2D eigenvalue weighted by atomic mass is 9.83. The van der Waals surface area contributed by atoms with Crippen molar-refractivity contribution in [1.82, 2.24) is 26.6 Å². The Morgan fingerprint density at radius 3 is 2.22 bits per heavy atom. The third-order valence-corrected chi connectivity index (χ3v) is 10.4. The van der Waals surface area contributed by atoms with Crippen LogP contribution in [0.3, 0.4) is 0 Å². The number of fused-ring (bicyclic) bond motifs is 10. The van der Waals surface area contributed by atoms with Gasteiger partial charge in [-0.05, 0) is 93.3 Å². The number of hydrogen-bond donors (Lipinski definition) is 5. The zero-order valence-electron chi connectivity index (χ0n) is 34.8. The number of carbonyl (C=O) groups excluding carboxylic acids is 7. The van der Waals surface area contributed by atoms with E-state index < -0.39 is 71.7 Å². The summed E-state index contributed by atoms with van der Waals surface area (Å²) in [4.78, 5) is 94.7. The van der Waals surface area contributed by atoms with Crippen LogP contribution in [0.2, 0.25) is 0 Å². The highest BCUT2D eigenvalue weighted by Gasteiger charge is 2.36. The monoisotopic (exact) mass is 823 g/mol. The molecular weight excluding hydrogens is 767 g/mol. The maximum absolute atomic E-state index is 14.2. The lowest BCUT2D eigenvalue weighted by Crippen LogP contribution is -2.59. The highest BCUT2D eigenvalue weighted by molar-refractivity contribution is 6.38. The quantitative estimate of drug-likeness (QED) is 0.127. The van der Waals surface area contributed by atoms with Gasteiger partial charge in [-0.3, -0.25) is 28.8 Å². The molecule has 4 bridgehead atoms. The van der Waals surface area contributed by atoms with E-state index in [1.807, 2.05) is 24.3 Å². The lowest BCUT2D eigenvalue weighted by Gasteiger charge is -2.31. The number of esters is 1. The van der Waals surface area contributed by atoms with Gasteiger partial charge in [0.2, 0.25) is 29.4 Å². The molecule has 0 aromatic heterocycles. The first kappa shape index (κ1) is 45.0. The fourth-order valence-corrected chi connectivity index (χ4v) is 7.40. The summed E-state index contributed by atoms with van der Waals surface area (Å²) in [6.07, 6.45) is 5.44. The Kier molecular flexibility index (Phi) is 16.0. The van der Waals surface area contributed by atoms with Crippen LogP contribution >= 0.6 is 0 Å². The molecule has 1 fully saturated rings. The summed E-state index contributed by atoms with van der Waals surface area (Å²) in [5.41, 5.74) is 1.22. The van der Waals surface area contributed by atoms with E-state index >= 15 is 0 Å². The summed E-state index contributed by atoms with van der Waals surface area (Å²) in [5.74, 6) is -4.11. The van der Waals surface area contributed by atoms with Gasteiger partial charge in [-0.25, -0.2) is 4.79 Å². The fourth-order valence-electron chi connectivity index (χ4n) is 7.40. The first-order valence-electron chi connectivity index (χ1n) is 20.8. The van der Waals surface area contributed by atoms with Gasteiger partial charge in [-0.15, -0.1) is 0 Å². The van der Waals surface area contributed by atoms with Gasteiger partial charge in [-0.1, -0.05) is 87.2 Å². The van der Waals surface area contributed by atoms with Crippen molar-refractivity contribution in [3.05, 3.63) is 95.6 Å². The van der Waals surface area contributed by atoms with Crippen molar-refractivity contribution >= 4 is 41.3 Å². The van der Waals surface area contributed by atoms with Gasteiger partial charge >= 0.3 is 5.97 Å². The zero-order valence-corrected chi connectivity index (χ0v) is 34.8. The molecule has 5 N–H and O–H groups in total. The Labute approximate surface area is 351 Å². The van der Waals surface area contributed by atoms with Crippen LogP contribution in [0.4, 0.5) is 0 Å². The number of Topliss-reactive ketones (excluding diaryl/α,β-unsaturated/α-hetero) is 1. The van der Waals surface area contributed by atoms with E-state index in [2.05, 4.69) is 26.6 Å². The summed E-state index contributed by atoms with van der Waals surface area (Å²) in [7, 11) is 0. The topological polar surface area (TPSA) is 198 Å². The molecule has 3 aliphatic rings. The Hall–Kier alpha value is -6.05. The molecule has 2 aliphatic heterocycles. The predicted octanol–water partition coefficient (Wildman–Crippen LogP) is 4.69. The van der Waals surface area contributed by atoms with E-state index in [9.17, 15) is 33.6 Å². The molecule has 6 rings (SSSR count). The van der Waals surface area contributed by atoms with Gasteiger partial charge < -0.3 is 36.1 Å². The maximum Gasteiger partial charge on any atom is 0.333 e. The van der Waals surface area contributed by atoms with Gasteiger partial charge in [0, 0.05) is 12.8 Å². The Morgan fingerprint density at radius 2 is 1.53 bits per heavy atom. The number of rotatable bonds is 12. The summed E-state index contributed by atoms with van der Waals surface area (Å²) in [6.45, 7) is 6.24. The average molecular weight is 824 g/mol. The minimum atomic E-state index is -1.29. The molecule has 3 aromatic carbocycles. The molecule has 0 saturated heterocycles. The molecular formula is C46H57N5O9. The van der Waals surface area contributed by atoms with E-state index in [0.29, 0.717) is 35.5 Å². The molecule has 0 spiro atoms. The predicted molar refractivity (Wildman–Crippen MR) is 223 cm³/mol. The SMILES string of the molecule is CCCC(NC(=O)C1Cc2cccc(c2)Oc2ccc(cc2)CCC(=O)NC(C2CCCCC2)C(=O)N1)C(=O)C(=O)NCC(=O)NC(C(=O)OC(C)(C)C)c1ccccc1. The van der Waals surface area contributed by atoms with Crippen molar-refractivity contribution in [2.24, 2.45) is 5.92 Å². The summed E-state index contributed by atoms with van der Waals surface area (Å²) in [5, 5.41) is 13.4. The number of nitrogens with one attached hydrogen (secondary N) is 5. The van der Waals surface area contributed by atoms with Crippen LogP contribution in [0, 0.1) is 5.92 Å². The van der Waals surface area contributed by atoms with E-state index in [0.717, 1.165) is 37.7 Å². The van der Waals surface area contributed by atoms with Gasteiger partial charge in [0.15, 0.2) is 6.04 Å². The number of aryl methyl sites for hydroxylation is 1. The first-order chi connectivity index (χ1) is 28.7. The maximum atomic E-state index is 14.2. The molecule has 60 heavy (non-hydrogen) atoms. The molecule has 0 radical (unpaired) electrons. The number of ketones is 1. The van der Waals surface area contributed by atoms with Gasteiger partial charge in [0.25, 0.3) is 5.91 Å². The second-order valence-electron chi connectivity index (χ2n) is 16.4. The van der Waals surface area contributed by atoms with Crippen LogP contribution < -0.4 is 31.3 Å². The zero-order chi connectivity index (χ0) is 43.2. The molecule has 1 saturated carbocycles. The lowest BCUT2D eigenvalue weighted by molar-refractivity contribution is -0.158. The van der Waals surface area contributed by atoms with Crippen molar-refractivity contribution in [2.75, 3.05) is 6.54 Å². The minimum Gasteiger partial charge on any atom is -0.458 e. The second-order valence-corrected chi connectivity index (χ2v) is 16.4. The largest absolute Gasteiger partial charge is 0.458 e. The van der Waals surface area contributed by atoms with Crippen LogP contribution in [0.5, 0.6) is 11.5 Å². The molecule has 14 nitrogen and oxygen atoms in total. The molecule has 14 heteroatoms. The van der Waals surface area contributed by atoms with Crippen LogP contribution in [-0.4, -0.2) is 71.6 Å². The summed E-state index contributed by atoms with van der Waals surface area (Å²) < 4.78 is 11.6. The third kappa shape index (κ3) is 13.5. The molecule has 3 aromatic rings. The fraction of sp³-hybridized carbons (Fsp3) is 0.457. The number of benzene rings is 3. The minimum absolute atomic E-state index is 0.00131. The van der Waals surface area contributed by atoms with Crippen molar-refractivity contribution in [3.63, 3.8) is 0 Å². The Morgan fingerprint density at radius 1 is 0.817 bits per heavy atom. The molecule has 4 unspecified atom stereocenters. The van der Waals surface area contributed by atoms with Crippen molar-refractivity contribution in [2.45, 2.75) is 122 Å². The second kappa shape index (κ2) is 21.3. The van der Waals surface area contributed by atoms with E-state index in [4.69, 9.17) is 9.47 Å². The number of carbonyl (C=O) groups is 7. The first-order valence-corrected chi connectivity index (χ1v) is 20.8. The Bertz CT molecular complexity index is 1990. The normalized spacial score (nSPS) is 18.6. The van der Waals surface area contributed by atoms with Crippen molar-refractivity contribution in [1.29, 1.82) is 0 Å². The summed E-state index contributed by atoms with van der Waals surface area (Å²) in [6, 6.07) is 18.4. The van der Waals surface area contributed by atoms with Crippen molar-refractivity contribution in [3.8, 4) is 11.5 Å². The molecule has 1 aliphatic carbocycles. The van der Waals surface area contributed by atoms with E-state index in [1.165, 1.54) is 0 Å². The van der Waals surface area contributed by atoms with E-state index in [1.54, 1.807) is 82.3 Å². The summed E-state index contributed by atoms with van der Waals surface area (Å²) >= 11 is 0. The molecule has 320 valence electrons. The average Bonchev–Trinajstić information content (AvgIpc) is 3.22. The third-order valence-electron chi connectivity index (χ3n) is 10.4. The van der Waals surface area contributed by atoms with Gasteiger partial charge in [0.05, 0.1) is 12.6 Å². The smallest absolute Gasteiger partial charge is 0.333 e. The number of hydrogen-bond acceptors (Lipinski definition) is 9. The Balaban J connectivity index is 1.32. The highest BCUT2D eigenvalue weighted by atomic mass is 16.6. The number of amides is 5. The van der Waals surface area contributed by atoms with Crippen LogP contribution in [0.15, 0.2) is 78.9 Å². The van der Waals surface area contributed by atoms with Gasteiger partial charge in [-0.2, -0.15) is 0 Å². The molecule has 5 amide bonds. The standard InChI is InChI=1S/C46H57N5O9/c1-5-13-35(41(54)44(57)47-28-38(53)51-40(32-17-10-7-11-18-32)45(58)60-46(2,3)4)48-42(55)36-27-30-14-12-19-34(26-30)59-33-23-20-29(21-24-33)22-25-37(52)50-39(43(56)49-36)31-15-8-6-9-16-31/h7,10-12,14,17-21,23-24,26,31,35-36,39-40H,5-6,8-9,13,15-16,22,25,27-28H2,1-4H3,(H,47,57)(H,48,55)(H,49,56)(H,50,52)(H,51,53). The van der Waals surface area contributed by atoms with Crippen LogP contribution in [-0.2, 0) is 51.1 Å². The molecule has 4 atom stereocenters. The number of ether oxygens (including phenoxy) is 2. The highest BCUT2D eigenvalue weighted by Crippen LogP contribution is 2.28. The van der Waals surface area contributed by atoms with Gasteiger partial charge in [0.1, 0.15) is 29.2 Å².